The molecular formula is C12H21N3O. The predicted octanol–water partition coefficient (Wildman–Crippen LogP) is 1.97. The van der Waals surface area contributed by atoms with Crippen molar-refractivity contribution in [3.63, 3.8) is 0 Å². The molecule has 1 heterocycles. The van der Waals surface area contributed by atoms with Crippen molar-refractivity contribution < 1.29 is 0 Å². The lowest BCUT2D eigenvalue weighted by molar-refractivity contribution is 0.348. The summed E-state index contributed by atoms with van der Waals surface area (Å²) in [6.45, 7) is 1.91. The number of nitrogens with zero attached hydrogens (tertiary/aromatic N) is 2. The molecule has 0 bridgehead atoms. The minimum Gasteiger partial charge on any atom is -0.393 e. The monoisotopic (exact) mass is 223 g/mol. The Kier molecular flexibility index (Phi) is 3.08. The predicted molar refractivity (Wildman–Crippen MR) is 65.6 cm³/mol. The van der Waals surface area contributed by atoms with Crippen molar-refractivity contribution >= 4 is 5.69 Å². The highest BCUT2D eigenvalue weighted by molar-refractivity contribution is 5.40. The van der Waals surface area contributed by atoms with Crippen LogP contribution in [0.15, 0.2) is 4.79 Å². The fourth-order valence-corrected chi connectivity index (χ4v) is 2.66. The molecule has 0 aliphatic heterocycles. The third-order valence-electron chi connectivity index (χ3n) is 3.81. The molecule has 90 valence electrons. The molecule has 1 aromatic heterocycles. The zero-order valence-electron chi connectivity index (χ0n) is 10.2. The summed E-state index contributed by atoms with van der Waals surface area (Å²) in [5.41, 5.74) is 7.08. The average Bonchev–Trinajstić information content (AvgIpc) is 2.54. The van der Waals surface area contributed by atoms with Crippen LogP contribution in [0, 0.1) is 6.92 Å². The van der Waals surface area contributed by atoms with E-state index >= 15 is 0 Å². The van der Waals surface area contributed by atoms with Gasteiger partial charge in [0.15, 0.2) is 0 Å². The Hall–Kier alpha value is -1.19. The van der Waals surface area contributed by atoms with Gasteiger partial charge in [0.2, 0.25) is 0 Å². The Balaban J connectivity index is 2.39. The summed E-state index contributed by atoms with van der Waals surface area (Å²) in [7, 11) is 1.93. The summed E-state index contributed by atoms with van der Waals surface area (Å²) >= 11 is 0. The van der Waals surface area contributed by atoms with E-state index in [0.717, 1.165) is 18.5 Å². The third-order valence-corrected chi connectivity index (χ3v) is 3.81. The number of nitrogen functional groups attached to an aromatic ring is 1. The number of hydrogen-bond donors (Lipinski definition) is 1. The number of nitrogens with two attached hydrogens (primary N) is 1. The first-order chi connectivity index (χ1) is 7.63. The van der Waals surface area contributed by atoms with Gasteiger partial charge >= 0.3 is 0 Å². The van der Waals surface area contributed by atoms with Crippen LogP contribution in [-0.4, -0.2) is 9.36 Å². The summed E-state index contributed by atoms with van der Waals surface area (Å²) in [4.78, 5) is 12.0. The Morgan fingerprint density at radius 2 is 1.75 bits per heavy atom. The summed E-state index contributed by atoms with van der Waals surface area (Å²) in [5, 5.41) is 0. The Morgan fingerprint density at radius 3 is 2.19 bits per heavy atom. The van der Waals surface area contributed by atoms with E-state index in [2.05, 4.69) is 0 Å². The van der Waals surface area contributed by atoms with Gasteiger partial charge < -0.3 is 5.73 Å². The van der Waals surface area contributed by atoms with Crippen LogP contribution in [0.25, 0.3) is 0 Å². The van der Waals surface area contributed by atoms with Crippen molar-refractivity contribution in [3.05, 3.63) is 16.0 Å². The standard InChI is InChI=1S/C12H21N3O/c1-9-11(13)12(16)15(14(9)2)10-7-5-3-4-6-8-10/h10H,3-8,13H2,1-2H3. The highest BCUT2D eigenvalue weighted by Crippen LogP contribution is 2.26. The fraction of sp³-hybridized carbons (Fsp3) is 0.750. The van der Waals surface area contributed by atoms with Crippen LogP contribution in [0.4, 0.5) is 5.69 Å². The first kappa shape index (κ1) is 11.3. The highest BCUT2D eigenvalue weighted by Gasteiger charge is 2.20. The van der Waals surface area contributed by atoms with Gasteiger partial charge in [0.25, 0.3) is 5.56 Å². The van der Waals surface area contributed by atoms with Crippen molar-refractivity contribution in [3.8, 4) is 0 Å². The largest absolute Gasteiger partial charge is 0.393 e. The molecule has 1 fully saturated rings. The zero-order chi connectivity index (χ0) is 11.7. The first-order valence-corrected chi connectivity index (χ1v) is 6.16. The van der Waals surface area contributed by atoms with Gasteiger partial charge in [0.1, 0.15) is 5.69 Å². The normalized spacial score (nSPS) is 18.6. The number of aromatic nitrogens is 2. The molecule has 0 radical (unpaired) electrons. The van der Waals surface area contributed by atoms with E-state index in [-0.39, 0.29) is 5.56 Å². The lowest BCUT2D eigenvalue weighted by Gasteiger charge is -2.18. The Labute approximate surface area is 96.0 Å². The van der Waals surface area contributed by atoms with Gasteiger partial charge in [-0.25, -0.2) is 4.68 Å². The summed E-state index contributed by atoms with van der Waals surface area (Å²) in [6.07, 6.45) is 7.25. The first-order valence-electron chi connectivity index (χ1n) is 6.16. The maximum absolute atomic E-state index is 12.0. The molecule has 16 heavy (non-hydrogen) atoms. The van der Waals surface area contributed by atoms with Crippen molar-refractivity contribution in [2.24, 2.45) is 7.05 Å². The van der Waals surface area contributed by atoms with Crippen LogP contribution in [0.3, 0.4) is 0 Å². The molecular weight excluding hydrogens is 202 g/mol. The molecule has 0 aromatic carbocycles. The van der Waals surface area contributed by atoms with E-state index in [4.69, 9.17) is 5.73 Å². The van der Waals surface area contributed by atoms with E-state index in [1.54, 1.807) is 0 Å². The van der Waals surface area contributed by atoms with E-state index < -0.39 is 0 Å². The van der Waals surface area contributed by atoms with E-state index in [9.17, 15) is 4.79 Å². The van der Waals surface area contributed by atoms with Gasteiger partial charge in [0.05, 0.1) is 11.7 Å². The topological polar surface area (TPSA) is 53.0 Å². The molecule has 0 spiro atoms. The van der Waals surface area contributed by atoms with Crippen LogP contribution in [0.5, 0.6) is 0 Å². The quantitative estimate of drug-likeness (QED) is 0.740. The van der Waals surface area contributed by atoms with Crippen LogP contribution in [-0.2, 0) is 7.05 Å². The third kappa shape index (κ3) is 1.77. The smallest absolute Gasteiger partial charge is 0.290 e. The summed E-state index contributed by atoms with van der Waals surface area (Å²) in [5.74, 6) is 0. The van der Waals surface area contributed by atoms with Crippen molar-refractivity contribution in [1.29, 1.82) is 0 Å². The van der Waals surface area contributed by atoms with Gasteiger partial charge in [-0.05, 0) is 19.8 Å². The molecule has 0 saturated heterocycles. The van der Waals surface area contributed by atoms with Gasteiger partial charge in [0, 0.05) is 7.05 Å². The van der Waals surface area contributed by atoms with E-state index in [1.165, 1.54) is 25.7 Å². The highest BCUT2D eigenvalue weighted by atomic mass is 16.1. The van der Waals surface area contributed by atoms with Crippen molar-refractivity contribution in [2.75, 3.05) is 5.73 Å². The maximum atomic E-state index is 12.0. The van der Waals surface area contributed by atoms with Gasteiger partial charge in [-0.2, -0.15) is 0 Å². The Bertz CT molecular complexity index is 422. The number of anilines is 1. The van der Waals surface area contributed by atoms with Crippen LogP contribution >= 0.6 is 0 Å². The molecule has 1 aromatic rings. The number of hydrogen-bond acceptors (Lipinski definition) is 2. The SMILES string of the molecule is Cc1c(N)c(=O)n(C2CCCCCC2)n1C. The van der Waals surface area contributed by atoms with E-state index in [0.29, 0.717) is 11.7 Å². The second kappa shape index (κ2) is 4.36. The van der Waals surface area contributed by atoms with E-state index in [1.807, 2.05) is 23.3 Å². The molecule has 4 nitrogen and oxygen atoms in total. The molecule has 1 aliphatic carbocycles. The molecule has 1 saturated carbocycles. The molecule has 0 amide bonds. The van der Waals surface area contributed by atoms with Crippen molar-refractivity contribution in [1.82, 2.24) is 9.36 Å². The van der Waals surface area contributed by atoms with Gasteiger partial charge in [-0.15, -0.1) is 0 Å². The maximum Gasteiger partial charge on any atom is 0.290 e. The van der Waals surface area contributed by atoms with Crippen molar-refractivity contribution in [2.45, 2.75) is 51.5 Å². The fourth-order valence-electron chi connectivity index (χ4n) is 2.66. The van der Waals surface area contributed by atoms with Gasteiger partial charge in [-0.3, -0.25) is 9.48 Å². The molecule has 1 aliphatic rings. The lowest BCUT2D eigenvalue weighted by atomic mass is 10.1. The Morgan fingerprint density at radius 1 is 1.19 bits per heavy atom. The van der Waals surface area contributed by atoms with Gasteiger partial charge in [-0.1, -0.05) is 25.7 Å². The molecule has 4 heteroatoms. The molecule has 2 rings (SSSR count). The number of rotatable bonds is 1. The minimum absolute atomic E-state index is 0.00750. The lowest BCUT2D eigenvalue weighted by Crippen LogP contribution is -2.27. The zero-order valence-corrected chi connectivity index (χ0v) is 10.2. The summed E-state index contributed by atoms with van der Waals surface area (Å²) < 4.78 is 3.78. The second-order valence-corrected chi connectivity index (χ2v) is 4.82. The molecule has 0 atom stereocenters. The van der Waals surface area contributed by atoms with Crippen LogP contribution in [0.2, 0.25) is 0 Å². The summed E-state index contributed by atoms with van der Waals surface area (Å²) in [6, 6.07) is 0.344. The molecule has 2 N–H and O–H groups in total. The van der Waals surface area contributed by atoms with Crippen LogP contribution in [0.1, 0.15) is 50.3 Å². The molecule has 0 unspecified atom stereocenters. The minimum atomic E-state index is -0.00750. The van der Waals surface area contributed by atoms with Crippen LogP contribution < -0.4 is 11.3 Å². The second-order valence-electron chi connectivity index (χ2n) is 4.82. The average molecular weight is 223 g/mol.